The smallest absolute Gasteiger partial charge is 0.00778 e. The van der Waals surface area contributed by atoms with Gasteiger partial charge in [0.2, 0.25) is 0 Å². The lowest BCUT2D eigenvalue weighted by atomic mass is 9.78. The van der Waals surface area contributed by atoms with Crippen LogP contribution in [0.5, 0.6) is 0 Å². The van der Waals surface area contributed by atoms with Crippen LogP contribution in [0.1, 0.15) is 69.4 Å². The summed E-state index contributed by atoms with van der Waals surface area (Å²) in [5.41, 5.74) is 3.47. The van der Waals surface area contributed by atoms with Crippen LogP contribution in [-0.2, 0) is 5.41 Å². The van der Waals surface area contributed by atoms with Gasteiger partial charge in [0.25, 0.3) is 0 Å². The minimum atomic E-state index is 0.429. The molecule has 3 rings (SSSR count). The first-order valence-corrected chi connectivity index (χ1v) is 8.03. The van der Waals surface area contributed by atoms with Crippen LogP contribution >= 0.6 is 0 Å². The fourth-order valence-corrected chi connectivity index (χ4v) is 3.47. The third-order valence-electron chi connectivity index (χ3n) is 5.06. The van der Waals surface area contributed by atoms with Gasteiger partial charge in [0.15, 0.2) is 0 Å². The molecule has 0 bridgehead atoms. The number of hydrogen-bond donors (Lipinski definition) is 1. The zero-order chi connectivity index (χ0) is 13.3. The van der Waals surface area contributed by atoms with Crippen molar-refractivity contribution in [2.24, 2.45) is 0 Å². The summed E-state index contributed by atoms with van der Waals surface area (Å²) in [6, 6.07) is 10.3. The first-order valence-electron chi connectivity index (χ1n) is 8.03. The standard InChI is InChI=1S/C18H27N/c1-14(2)15-5-7-16(8-6-15)18(11-3-4-12-18)13-19-17-9-10-17/h5-8,14,17,19H,3-4,9-13H2,1-2H3. The lowest BCUT2D eigenvalue weighted by Gasteiger charge is -2.30. The molecule has 0 unspecified atom stereocenters. The molecule has 0 atom stereocenters. The maximum Gasteiger partial charge on any atom is 0.00778 e. The van der Waals surface area contributed by atoms with Crippen LogP contribution < -0.4 is 5.32 Å². The maximum atomic E-state index is 3.78. The van der Waals surface area contributed by atoms with Crippen LogP contribution in [0.15, 0.2) is 24.3 Å². The first-order chi connectivity index (χ1) is 9.20. The summed E-state index contributed by atoms with van der Waals surface area (Å²) in [5, 5.41) is 3.78. The Hall–Kier alpha value is -0.820. The molecule has 1 N–H and O–H groups in total. The van der Waals surface area contributed by atoms with E-state index >= 15 is 0 Å². The molecule has 0 amide bonds. The Bertz CT molecular complexity index is 408. The monoisotopic (exact) mass is 257 g/mol. The van der Waals surface area contributed by atoms with Crippen LogP contribution in [0.4, 0.5) is 0 Å². The highest BCUT2D eigenvalue weighted by Gasteiger charge is 2.36. The van der Waals surface area contributed by atoms with Crippen molar-refractivity contribution in [1.82, 2.24) is 5.32 Å². The van der Waals surface area contributed by atoms with Crippen LogP contribution in [-0.4, -0.2) is 12.6 Å². The van der Waals surface area contributed by atoms with Crippen LogP contribution in [0.2, 0.25) is 0 Å². The van der Waals surface area contributed by atoms with E-state index in [4.69, 9.17) is 0 Å². The summed E-state index contributed by atoms with van der Waals surface area (Å²) in [7, 11) is 0. The van der Waals surface area contributed by atoms with E-state index in [9.17, 15) is 0 Å². The van der Waals surface area contributed by atoms with Crippen molar-refractivity contribution in [3.8, 4) is 0 Å². The fraction of sp³-hybridized carbons (Fsp3) is 0.667. The van der Waals surface area contributed by atoms with Crippen molar-refractivity contribution in [2.75, 3.05) is 6.54 Å². The fourth-order valence-electron chi connectivity index (χ4n) is 3.47. The van der Waals surface area contributed by atoms with Crippen LogP contribution in [0.3, 0.4) is 0 Å². The maximum absolute atomic E-state index is 3.78. The van der Waals surface area contributed by atoms with E-state index in [2.05, 4.69) is 43.4 Å². The molecule has 0 radical (unpaired) electrons. The van der Waals surface area contributed by atoms with E-state index in [0.29, 0.717) is 11.3 Å². The van der Waals surface area contributed by atoms with Gasteiger partial charge in [-0.1, -0.05) is 51.0 Å². The molecule has 1 aromatic rings. The van der Waals surface area contributed by atoms with Crippen molar-refractivity contribution in [3.63, 3.8) is 0 Å². The zero-order valence-corrected chi connectivity index (χ0v) is 12.4. The topological polar surface area (TPSA) is 12.0 Å². The van der Waals surface area contributed by atoms with Crippen molar-refractivity contribution in [1.29, 1.82) is 0 Å². The number of benzene rings is 1. The summed E-state index contributed by atoms with van der Waals surface area (Å²) in [5.74, 6) is 0.637. The number of rotatable bonds is 5. The molecule has 1 heteroatoms. The second-order valence-electron chi connectivity index (χ2n) is 6.92. The van der Waals surface area contributed by atoms with Gasteiger partial charge >= 0.3 is 0 Å². The Morgan fingerprint density at radius 2 is 1.74 bits per heavy atom. The van der Waals surface area contributed by atoms with E-state index in [1.807, 2.05) is 0 Å². The second-order valence-corrected chi connectivity index (χ2v) is 6.92. The average molecular weight is 257 g/mol. The molecule has 2 fully saturated rings. The highest BCUT2D eigenvalue weighted by atomic mass is 15.0. The summed E-state index contributed by atoms with van der Waals surface area (Å²) in [6.45, 7) is 5.74. The van der Waals surface area contributed by atoms with E-state index in [0.717, 1.165) is 6.04 Å². The minimum absolute atomic E-state index is 0.429. The van der Waals surface area contributed by atoms with Gasteiger partial charge in [0.05, 0.1) is 0 Å². The molecule has 0 aliphatic heterocycles. The molecule has 104 valence electrons. The summed E-state index contributed by atoms with van der Waals surface area (Å²) in [6.07, 6.45) is 8.32. The van der Waals surface area contributed by atoms with Gasteiger partial charge in [-0.3, -0.25) is 0 Å². The quantitative estimate of drug-likeness (QED) is 0.825. The Kier molecular flexibility index (Phi) is 3.66. The lowest BCUT2D eigenvalue weighted by Crippen LogP contribution is -2.36. The van der Waals surface area contributed by atoms with Crippen molar-refractivity contribution in [3.05, 3.63) is 35.4 Å². The molecule has 0 spiro atoms. The molecule has 19 heavy (non-hydrogen) atoms. The predicted molar refractivity (Wildman–Crippen MR) is 81.7 cm³/mol. The normalized spacial score (nSPS) is 22.1. The summed E-state index contributed by atoms with van der Waals surface area (Å²) >= 11 is 0. The molecule has 0 saturated heterocycles. The Labute approximate surface area is 117 Å². The highest BCUT2D eigenvalue weighted by Crippen LogP contribution is 2.41. The van der Waals surface area contributed by atoms with Crippen LogP contribution in [0.25, 0.3) is 0 Å². The molecule has 1 nitrogen and oxygen atoms in total. The van der Waals surface area contributed by atoms with Gasteiger partial charge in [-0.25, -0.2) is 0 Å². The Balaban J connectivity index is 1.77. The van der Waals surface area contributed by atoms with Gasteiger partial charge < -0.3 is 5.32 Å². The van der Waals surface area contributed by atoms with Crippen molar-refractivity contribution in [2.45, 2.75) is 69.7 Å². The molecule has 0 aromatic heterocycles. The number of nitrogens with one attached hydrogen (secondary N) is 1. The van der Waals surface area contributed by atoms with E-state index < -0.39 is 0 Å². The molecule has 2 aliphatic rings. The summed E-state index contributed by atoms with van der Waals surface area (Å²) < 4.78 is 0. The Morgan fingerprint density at radius 3 is 2.26 bits per heavy atom. The first kappa shape index (κ1) is 13.2. The van der Waals surface area contributed by atoms with E-state index in [-0.39, 0.29) is 0 Å². The number of hydrogen-bond acceptors (Lipinski definition) is 1. The van der Waals surface area contributed by atoms with E-state index in [1.54, 1.807) is 5.56 Å². The molecule has 2 aliphatic carbocycles. The Morgan fingerprint density at radius 1 is 1.11 bits per heavy atom. The minimum Gasteiger partial charge on any atom is -0.313 e. The molecular formula is C18H27N. The predicted octanol–water partition coefficient (Wildman–Crippen LogP) is 4.37. The largest absolute Gasteiger partial charge is 0.313 e. The van der Waals surface area contributed by atoms with Crippen LogP contribution in [0, 0.1) is 0 Å². The molecule has 2 saturated carbocycles. The molecular weight excluding hydrogens is 230 g/mol. The van der Waals surface area contributed by atoms with Gasteiger partial charge in [0, 0.05) is 18.0 Å². The van der Waals surface area contributed by atoms with Gasteiger partial charge in [-0.2, -0.15) is 0 Å². The third kappa shape index (κ3) is 2.86. The SMILES string of the molecule is CC(C)c1ccc(C2(CNC3CC3)CCCC2)cc1. The lowest BCUT2D eigenvalue weighted by molar-refractivity contribution is 0.403. The van der Waals surface area contributed by atoms with Gasteiger partial charge in [0.1, 0.15) is 0 Å². The third-order valence-corrected chi connectivity index (χ3v) is 5.06. The van der Waals surface area contributed by atoms with Gasteiger partial charge in [-0.05, 0) is 42.7 Å². The average Bonchev–Trinajstić information content (AvgIpc) is 3.14. The van der Waals surface area contributed by atoms with Crippen molar-refractivity contribution >= 4 is 0 Å². The second kappa shape index (κ2) is 5.28. The zero-order valence-electron chi connectivity index (χ0n) is 12.4. The van der Waals surface area contributed by atoms with Crippen molar-refractivity contribution < 1.29 is 0 Å². The molecule has 1 aromatic carbocycles. The summed E-state index contributed by atoms with van der Waals surface area (Å²) in [4.78, 5) is 0. The highest BCUT2D eigenvalue weighted by molar-refractivity contribution is 5.32. The molecule has 0 heterocycles. The van der Waals surface area contributed by atoms with E-state index in [1.165, 1.54) is 50.6 Å². The van der Waals surface area contributed by atoms with Gasteiger partial charge in [-0.15, -0.1) is 0 Å².